The molecular formula is C17H26Cl2N2. The highest BCUT2D eigenvalue weighted by Gasteiger charge is 2.31. The first-order chi connectivity index (χ1) is 9.88. The van der Waals surface area contributed by atoms with E-state index >= 15 is 0 Å². The molecule has 0 aromatic heterocycles. The van der Waals surface area contributed by atoms with Gasteiger partial charge in [0.2, 0.25) is 0 Å². The number of anilines is 1. The number of hydrogen-bond donors (Lipinski definition) is 1. The Kier molecular flexibility index (Phi) is 5.81. The van der Waals surface area contributed by atoms with Crippen molar-refractivity contribution in [3.05, 3.63) is 28.2 Å². The first kappa shape index (κ1) is 16.9. The minimum Gasteiger partial charge on any atom is -0.364 e. The first-order valence-electron chi connectivity index (χ1n) is 7.83. The Labute approximate surface area is 138 Å². The fourth-order valence-electron chi connectivity index (χ4n) is 3.15. The van der Waals surface area contributed by atoms with Gasteiger partial charge in [0.05, 0.1) is 10.7 Å². The minimum absolute atomic E-state index is 0.465. The third-order valence-electron chi connectivity index (χ3n) is 4.18. The van der Waals surface area contributed by atoms with Crippen molar-refractivity contribution in [2.75, 3.05) is 18.0 Å². The zero-order valence-corrected chi connectivity index (χ0v) is 14.9. The molecule has 1 heterocycles. The number of nitrogens with one attached hydrogen (secondary N) is 1. The number of piperazine rings is 1. The van der Waals surface area contributed by atoms with Gasteiger partial charge in [0.15, 0.2) is 0 Å². The molecule has 1 aromatic carbocycles. The van der Waals surface area contributed by atoms with Crippen LogP contribution >= 0.6 is 23.2 Å². The molecular weight excluding hydrogens is 303 g/mol. The summed E-state index contributed by atoms with van der Waals surface area (Å²) >= 11 is 12.5. The summed E-state index contributed by atoms with van der Waals surface area (Å²) in [6.07, 6.45) is 1.19. The largest absolute Gasteiger partial charge is 0.364 e. The third kappa shape index (κ3) is 4.28. The van der Waals surface area contributed by atoms with Crippen LogP contribution in [-0.2, 0) is 0 Å². The van der Waals surface area contributed by atoms with Crippen LogP contribution in [0.1, 0.15) is 34.1 Å². The maximum atomic E-state index is 6.44. The van der Waals surface area contributed by atoms with E-state index in [4.69, 9.17) is 23.2 Å². The Bertz CT molecular complexity index is 474. The highest BCUT2D eigenvalue weighted by Crippen LogP contribution is 2.33. The average Bonchev–Trinajstić information content (AvgIpc) is 2.37. The fraction of sp³-hybridized carbons (Fsp3) is 0.647. The van der Waals surface area contributed by atoms with E-state index in [9.17, 15) is 0 Å². The molecule has 0 radical (unpaired) electrons. The quantitative estimate of drug-likeness (QED) is 0.850. The van der Waals surface area contributed by atoms with Crippen LogP contribution in [0, 0.1) is 11.8 Å². The third-order valence-corrected chi connectivity index (χ3v) is 4.72. The van der Waals surface area contributed by atoms with E-state index in [2.05, 4.69) is 44.0 Å². The Morgan fingerprint density at radius 1 is 1.24 bits per heavy atom. The molecule has 1 saturated heterocycles. The van der Waals surface area contributed by atoms with Gasteiger partial charge in [0.1, 0.15) is 0 Å². The zero-order chi connectivity index (χ0) is 15.6. The molecule has 2 atom stereocenters. The van der Waals surface area contributed by atoms with E-state index in [0.717, 1.165) is 23.8 Å². The van der Waals surface area contributed by atoms with Crippen LogP contribution in [0.25, 0.3) is 0 Å². The van der Waals surface area contributed by atoms with Gasteiger partial charge in [-0.2, -0.15) is 0 Å². The van der Waals surface area contributed by atoms with Gasteiger partial charge in [-0.25, -0.2) is 0 Å². The lowest BCUT2D eigenvalue weighted by atomic mass is 9.94. The first-order valence-corrected chi connectivity index (χ1v) is 8.59. The second-order valence-electron chi connectivity index (χ2n) is 6.79. The highest BCUT2D eigenvalue weighted by atomic mass is 35.5. The number of rotatable bonds is 4. The normalized spacial score (nSPS) is 23.1. The molecule has 21 heavy (non-hydrogen) atoms. The molecule has 2 nitrogen and oxygen atoms in total. The predicted molar refractivity (Wildman–Crippen MR) is 93.7 cm³/mol. The summed E-state index contributed by atoms with van der Waals surface area (Å²) in [6, 6.07) is 6.81. The van der Waals surface area contributed by atoms with Crippen molar-refractivity contribution in [1.29, 1.82) is 0 Å². The molecule has 0 saturated carbocycles. The summed E-state index contributed by atoms with van der Waals surface area (Å²) in [5.74, 6) is 1.27. The zero-order valence-electron chi connectivity index (χ0n) is 13.4. The van der Waals surface area contributed by atoms with Gasteiger partial charge >= 0.3 is 0 Å². The molecule has 0 spiro atoms. The molecule has 0 bridgehead atoms. The van der Waals surface area contributed by atoms with Crippen molar-refractivity contribution in [1.82, 2.24) is 5.32 Å². The topological polar surface area (TPSA) is 15.3 Å². The molecule has 1 N–H and O–H groups in total. The number of nitrogens with zero attached hydrogens (tertiary/aromatic N) is 1. The van der Waals surface area contributed by atoms with Crippen molar-refractivity contribution in [2.45, 2.75) is 46.2 Å². The maximum absolute atomic E-state index is 6.44. The Morgan fingerprint density at radius 2 is 1.95 bits per heavy atom. The molecule has 118 valence electrons. The summed E-state index contributed by atoms with van der Waals surface area (Å²) in [6.45, 7) is 11.1. The molecule has 2 unspecified atom stereocenters. The van der Waals surface area contributed by atoms with E-state index in [1.165, 1.54) is 6.42 Å². The number of halogens is 2. The summed E-state index contributed by atoms with van der Waals surface area (Å²) in [5, 5.41) is 5.14. The molecule has 2 rings (SSSR count). The van der Waals surface area contributed by atoms with E-state index in [1.807, 2.05) is 12.1 Å². The van der Waals surface area contributed by atoms with Crippen LogP contribution in [0.5, 0.6) is 0 Å². The molecule has 0 amide bonds. The van der Waals surface area contributed by atoms with Crippen LogP contribution in [0.2, 0.25) is 10.0 Å². The van der Waals surface area contributed by atoms with Crippen LogP contribution in [0.15, 0.2) is 18.2 Å². The van der Waals surface area contributed by atoms with E-state index < -0.39 is 0 Å². The maximum Gasteiger partial charge on any atom is 0.0654 e. The molecule has 1 aromatic rings. The van der Waals surface area contributed by atoms with Crippen molar-refractivity contribution in [2.24, 2.45) is 11.8 Å². The monoisotopic (exact) mass is 328 g/mol. The van der Waals surface area contributed by atoms with Gasteiger partial charge in [-0.3, -0.25) is 0 Å². The van der Waals surface area contributed by atoms with Crippen LogP contribution in [0.4, 0.5) is 5.69 Å². The van der Waals surface area contributed by atoms with E-state index in [-0.39, 0.29) is 0 Å². The predicted octanol–water partition coefficient (Wildman–Crippen LogP) is 4.84. The second-order valence-corrected chi connectivity index (χ2v) is 7.64. The Hall–Kier alpha value is -0.440. The summed E-state index contributed by atoms with van der Waals surface area (Å²) < 4.78 is 0. The molecule has 1 aliphatic rings. The lowest BCUT2D eigenvalue weighted by Crippen LogP contribution is -2.58. The van der Waals surface area contributed by atoms with Crippen LogP contribution in [-0.4, -0.2) is 25.2 Å². The van der Waals surface area contributed by atoms with Crippen LogP contribution < -0.4 is 10.2 Å². The summed E-state index contributed by atoms with van der Waals surface area (Å²) in [4.78, 5) is 2.47. The summed E-state index contributed by atoms with van der Waals surface area (Å²) in [7, 11) is 0. The molecule has 1 fully saturated rings. The van der Waals surface area contributed by atoms with Crippen molar-refractivity contribution in [3.8, 4) is 0 Å². The minimum atomic E-state index is 0.465. The fourth-order valence-corrected chi connectivity index (χ4v) is 3.67. The van der Waals surface area contributed by atoms with E-state index in [1.54, 1.807) is 0 Å². The van der Waals surface area contributed by atoms with Gasteiger partial charge in [-0.1, -0.05) is 50.9 Å². The van der Waals surface area contributed by atoms with Crippen molar-refractivity contribution < 1.29 is 0 Å². The smallest absolute Gasteiger partial charge is 0.0654 e. The summed E-state index contributed by atoms with van der Waals surface area (Å²) in [5.41, 5.74) is 1.11. The standard InChI is InChI=1S/C17H26Cl2N2/c1-11(2)7-14-10-21(17(9-20-14)12(3)4)16-6-5-13(18)8-15(16)19/h5-6,8,11-12,14,17,20H,7,9-10H2,1-4H3. The number of benzene rings is 1. The molecule has 4 heteroatoms. The SMILES string of the molecule is CC(C)CC1CN(c2ccc(Cl)cc2Cl)C(C(C)C)CN1. The van der Waals surface area contributed by atoms with Gasteiger partial charge in [0, 0.05) is 30.2 Å². The lowest BCUT2D eigenvalue weighted by Gasteiger charge is -2.44. The Balaban J connectivity index is 2.25. The second kappa shape index (κ2) is 7.21. The van der Waals surface area contributed by atoms with Gasteiger partial charge in [-0.15, -0.1) is 0 Å². The molecule has 0 aliphatic carbocycles. The Morgan fingerprint density at radius 3 is 2.52 bits per heavy atom. The van der Waals surface area contributed by atoms with Crippen molar-refractivity contribution in [3.63, 3.8) is 0 Å². The van der Waals surface area contributed by atoms with Crippen molar-refractivity contribution >= 4 is 28.9 Å². The van der Waals surface area contributed by atoms with Gasteiger partial charge in [-0.05, 0) is 36.5 Å². The number of hydrogen-bond acceptors (Lipinski definition) is 2. The molecule has 1 aliphatic heterocycles. The van der Waals surface area contributed by atoms with Gasteiger partial charge < -0.3 is 10.2 Å². The average molecular weight is 329 g/mol. The van der Waals surface area contributed by atoms with Crippen LogP contribution in [0.3, 0.4) is 0 Å². The van der Waals surface area contributed by atoms with Gasteiger partial charge in [0.25, 0.3) is 0 Å². The van der Waals surface area contributed by atoms with E-state index in [0.29, 0.717) is 28.9 Å². The lowest BCUT2D eigenvalue weighted by molar-refractivity contribution is 0.310. The highest BCUT2D eigenvalue weighted by molar-refractivity contribution is 6.36.